The molecular formula is C15H31N3O2. The largest absolute Gasteiger partial charge is 0.409 e. The van der Waals surface area contributed by atoms with Crippen LogP contribution >= 0.6 is 0 Å². The van der Waals surface area contributed by atoms with Crippen LogP contribution in [0.3, 0.4) is 0 Å². The van der Waals surface area contributed by atoms with Crippen molar-refractivity contribution in [3.05, 3.63) is 0 Å². The molecule has 0 aliphatic carbocycles. The summed E-state index contributed by atoms with van der Waals surface area (Å²) >= 11 is 0. The maximum Gasteiger partial charge on any atom is 0.236 e. The van der Waals surface area contributed by atoms with Crippen molar-refractivity contribution in [3.8, 4) is 0 Å². The fraction of sp³-hybridized carbons (Fsp3) is 0.867. The van der Waals surface area contributed by atoms with Gasteiger partial charge in [0.05, 0.1) is 0 Å². The van der Waals surface area contributed by atoms with Crippen LogP contribution in [-0.4, -0.2) is 34.9 Å². The van der Waals surface area contributed by atoms with Gasteiger partial charge in [0.2, 0.25) is 5.91 Å². The minimum atomic E-state index is -0.878. The summed E-state index contributed by atoms with van der Waals surface area (Å²) in [7, 11) is 0. The molecule has 0 atom stereocenters. The molecule has 20 heavy (non-hydrogen) atoms. The maximum atomic E-state index is 12.9. The zero-order chi connectivity index (χ0) is 15.8. The number of amides is 1. The second kappa shape index (κ2) is 8.82. The molecular weight excluding hydrogens is 254 g/mol. The molecule has 0 bridgehead atoms. The Hall–Kier alpha value is -1.26. The quantitative estimate of drug-likeness (QED) is 0.296. The first-order valence-electron chi connectivity index (χ1n) is 7.74. The molecule has 0 unspecified atom stereocenters. The molecule has 0 aromatic rings. The molecule has 0 fully saturated rings. The highest BCUT2D eigenvalue weighted by Crippen LogP contribution is 2.30. The van der Waals surface area contributed by atoms with Crippen molar-refractivity contribution in [3.63, 3.8) is 0 Å². The fourth-order valence-electron chi connectivity index (χ4n) is 2.64. The lowest BCUT2D eigenvalue weighted by atomic mass is 9.79. The molecule has 3 N–H and O–H groups in total. The first kappa shape index (κ1) is 18.7. The molecule has 0 aliphatic rings. The SMILES string of the molecule is CCC(CC)CN(CC)C(=O)C(CC)(CC)C(N)=NO. The van der Waals surface area contributed by atoms with E-state index in [0.717, 1.165) is 19.4 Å². The summed E-state index contributed by atoms with van der Waals surface area (Å²) < 4.78 is 0. The molecule has 0 saturated heterocycles. The second-order valence-electron chi connectivity index (χ2n) is 5.30. The van der Waals surface area contributed by atoms with Gasteiger partial charge in [0.25, 0.3) is 0 Å². The Kier molecular flexibility index (Phi) is 8.26. The van der Waals surface area contributed by atoms with E-state index in [1.165, 1.54) is 0 Å². The van der Waals surface area contributed by atoms with Crippen LogP contribution < -0.4 is 5.73 Å². The third-order valence-electron chi connectivity index (χ3n) is 4.52. The number of hydrogen-bond acceptors (Lipinski definition) is 3. The third kappa shape index (κ3) is 3.87. The van der Waals surface area contributed by atoms with Gasteiger partial charge in [-0.05, 0) is 25.7 Å². The zero-order valence-corrected chi connectivity index (χ0v) is 13.6. The highest BCUT2D eigenvalue weighted by Gasteiger charge is 2.42. The van der Waals surface area contributed by atoms with Gasteiger partial charge in [-0.25, -0.2) is 0 Å². The number of carbonyl (C=O) groups is 1. The summed E-state index contributed by atoms with van der Waals surface area (Å²) in [4.78, 5) is 14.7. The average Bonchev–Trinajstić information content (AvgIpc) is 2.49. The molecule has 0 radical (unpaired) electrons. The molecule has 0 rings (SSSR count). The second-order valence-corrected chi connectivity index (χ2v) is 5.30. The van der Waals surface area contributed by atoms with Crippen LogP contribution in [0.5, 0.6) is 0 Å². The lowest BCUT2D eigenvalue weighted by Gasteiger charge is -2.36. The summed E-state index contributed by atoms with van der Waals surface area (Å²) in [6, 6.07) is 0. The average molecular weight is 285 g/mol. The number of amidine groups is 1. The van der Waals surface area contributed by atoms with Gasteiger partial charge in [0.1, 0.15) is 5.41 Å². The Morgan fingerprint density at radius 1 is 1.20 bits per heavy atom. The monoisotopic (exact) mass is 285 g/mol. The highest BCUT2D eigenvalue weighted by atomic mass is 16.4. The van der Waals surface area contributed by atoms with E-state index >= 15 is 0 Å². The van der Waals surface area contributed by atoms with Crippen molar-refractivity contribution in [2.24, 2.45) is 22.2 Å². The van der Waals surface area contributed by atoms with Crippen LogP contribution in [0.1, 0.15) is 60.3 Å². The Balaban J connectivity index is 5.31. The van der Waals surface area contributed by atoms with Crippen molar-refractivity contribution in [2.75, 3.05) is 13.1 Å². The summed E-state index contributed by atoms with van der Waals surface area (Å²) in [5.41, 5.74) is 4.94. The van der Waals surface area contributed by atoms with Gasteiger partial charge in [-0.3, -0.25) is 4.79 Å². The first-order chi connectivity index (χ1) is 9.46. The molecule has 0 aliphatic heterocycles. The van der Waals surface area contributed by atoms with Crippen molar-refractivity contribution in [1.29, 1.82) is 0 Å². The number of rotatable bonds is 9. The van der Waals surface area contributed by atoms with E-state index in [0.29, 0.717) is 25.3 Å². The Morgan fingerprint density at radius 2 is 1.70 bits per heavy atom. The Bertz CT molecular complexity index is 321. The molecule has 0 aromatic carbocycles. The van der Waals surface area contributed by atoms with E-state index in [1.807, 2.05) is 25.7 Å². The minimum Gasteiger partial charge on any atom is -0.409 e. The van der Waals surface area contributed by atoms with E-state index in [1.54, 1.807) is 0 Å². The van der Waals surface area contributed by atoms with Crippen LogP contribution in [0.4, 0.5) is 0 Å². The number of nitrogens with zero attached hydrogens (tertiary/aromatic N) is 2. The zero-order valence-electron chi connectivity index (χ0n) is 13.6. The highest BCUT2D eigenvalue weighted by molar-refractivity contribution is 6.06. The fourth-order valence-corrected chi connectivity index (χ4v) is 2.64. The van der Waals surface area contributed by atoms with Gasteiger partial charge in [-0.1, -0.05) is 45.7 Å². The normalized spacial score (nSPS) is 12.8. The van der Waals surface area contributed by atoms with E-state index in [9.17, 15) is 4.79 Å². The summed E-state index contributed by atoms with van der Waals surface area (Å²) in [5.74, 6) is 0.500. The van der Waals surface area contributed by atoms with E-state index in [-0.39, 0.29) is 11.7 Å². The number of hydrogen-bond donors (Lipinski definition) is 2. The van der Waals surface area contributed by atoms with E-state index < -0.39 is 5.41 Å². The van der Waals surface area contributed by atoms with Gasteiger partial charge >= 0.3 is 0 Å². The molecule has 1 amide bonds. The first-order valence-corrected chi connectivity index (χ1v) is 7.74. The van der Waals surface area contributed by atoms with Crippen LogP contribution in [0.2, 0.25) is 0 Å². The lowest BCUT2D eigenvalue weighted by molar-refractivity contribution is -0.139. The predicted molar refractivity (Wildman–Crippen MR) is 82.7 cm³/mol. The third-order valence-corrected chi connectivity index (χ3v) is 4.52. The smallest absolute Gasteiger partial charge is 0.236 e. The lowest BCUT2D eigenvalue weighted by Crippen LogP contribution is -2.51. The topological polar surface area (TPSA) is 78.9 Å². The predicted octanol–water partition coefficient (Wildman–Crippen LogP) is 2.82. The van der Waals surface area contributed by atoms with Crippen molar-refractivity contribution >= 4 is 11.7 Å². The molecule has 118 valence electrons. The van der Waals surface area contributed by atoms with Crippen LogP contribution in [-0.2, 0) is 4.79 Å². The van der Waals surface area contributed by atoms with Gasteiger partial charge < -0.3 is 15.8 Å². The molecule has 0 heterocycles. The molecule has 0 saturated carbocycles. The van der Waals surface area contributed by atoms with Gasteiger partial charge in [-0.2, -0.15) is 0 Å². The van der Waals surface area contributed by atoms with Crippen molar-refractivity contribution < 1.29 is 10.0 Å². The van der Waals surface area contributed by atoms with Gasteiger partial charge in [0.15, 0.2) is 5.84 Å². The molecule has 0 spiro atoms. The molecule has 5 heteroatoms. The summed E-state index contributed by atoms with van der Waals surface area (Å²) in [5, 5.41) is 12.1. The number of oxime groups is 1. The van der Waals surface area contributed by atoms with Gasteiger partial charge in [-0.15, -0.1) is 0 Å². The van der Waals surface area contributed by atoms with Crippen LogP contribution in [0.25, 0.3) is 0 Å². The van der Waals surface area contributed by atoms with Crippen LogP contribution in [0.15, 0.2) is 5.16 Å². The molecule has 0 aromatic heterocycles. The summed E-state index contributed by atoms with van der Waals surface area (Å²) in [6.07, 6.45) is 3.18. The number of carbonyl (C=O) groups excluding carboxylic acids is 1. The maximum absolute atomic E-state index is 12.9. The Labute approximate surface area is 123 Å². The van der Waals surface area contributed by atoms with Crippen molar-refractivity contribution in [1.82, 2.24) is 4.90 Å². The Morgan fingerprint density at radius 3 is 2.00 bits per heavy atom. The molecule has 5 nitrogen and oxygen atoms in total. The van der Waals surface area contributed by atoms with Crippen LogP contribution in [0, 0.1) is 11.3 Å². The number of nitrogens with two attached hydrogens (primary N) is 1. The van der Waals surface area contributed by atoms with Gasteiger partial charge in [0, 0.05) is 13.1 Å². The summed E-state index contributed by atoms with van der Waals surface area (Å²) in [6.45, 7) is 11.5. The standard InChI is InChI=1S/C15H31N3O2/c1-6-12(7-2)11-18(10-5)14(19)15(8-3,9-4)13(16)17-20/h12,20H,6-11H2,1-5H3,(H2,16,17). The van der Waals surface area contributed by atoms with E-state index in [4.69, 9.17) is 10.9 Å². The van der Waals surface area contributed by atoms with E-state index in [2.05, 4.69) is 19.0 Å². The minimum absolute atomic E-state index is 0.0211. The van der Waals surface area contributed by atoms with Crippen molar-refractivity contribution in [2.45, 2.75) is 60.3 Å².